The number of carbonyl (C=O) groups excluding carboxylic acids is 2. The van der Waals surface area contributed by atoms with Gasteiger partial charge < -0.3 is 19.8 Å². The van der Waals surface area contributed by atoms with E-state index in [1.54, 1.807) is 0 Å². The molecule has 0 aromatic carbocycles. The normalized spacial score (nSPS) is 5.56. The fourth-order valence-corrected chi connectivity index (χ4v) is 0. The van der Waals surface area contributed by atoms with E-state index in [-0.39, 0.29) is 18.6 Å². The SMILES string of the molecule is CC(=O)[O-].CC(=O)[O-].[V+2]. The minimum Gasteiger partial charge on any atom is -0.550 e. The summed E-state index contributed by atoms with van der Waals surface area (Å²) >= 11 is 0. The summed E-state index contributed by atoms with van der Waals surface area (Å²) < 4.78 is 0. The van der Waals surface area contributed by atoms with Crippen LogP contribution in [0.3, 0.4) is 0 Å². The van der Waals surface area contributed by atoms with E-state index in [1.165, 1.54) is 0 Å². The van der Waals surface area contributed by atoms with Crippen molar-refractivity contribution in [1.82, 2.24) is 0 Å². The van der Waals surface area contributed by atoms with Crippen molar-refractivity contribution in [2.45, 2.75) is 13.8 Å². The summed E-state index contributed by atoms with van der Waals surface area (Å²) in [6.45, 7) is 1.94. The van der Waals surface area contributed by atoms with Gasteiger partial charge in [0.15, 0.2) is 0 Å². The van der Waals surface area contributed by atoms with Gasteiger partial charge >= 0.3 is 18.6 Å². The second-order valence-corrected chi connectivity index (χ2v) is 0.983. The third kappa shape index (κ3) is 1020. The molecule has 0 saturated carbocycles. The zero-order chi connectivity index (χ0) is 7.15. The molecule has 0 spiro atoms. The number of hydrogen-bond acceptors (Lipinski definition) is 4. The molecule has 0 heterocycles. The fourth-order valence-electron chi connectivity index (χ4n) is 0. The predicted molar refractivity (Wildman–Crippen MR) is 21.4 cm³/mol. The molecule has 9 heavy (non-hydrogen) atoms. The van der Waals surface area contributed by atoms with Crippen LogP contribution in [0.2, 0.25) is 0 Å². The zero-order valence-electron chi connectivity index (χ0n) is 5.08. The van der Waals surface area contributed by atoms with Gasteiger partial charge in [0.2, 0.25) is 0 Å². The number of hydrogen-bond donors (Lipinski definition) is 0. The molecular formula is C4H6O4V. The molecule has 0 saturated heterocycles. The molecule has 0 unspecified atom stereocenters. The average Bonchev–Trinajstić information content (AvgIpc) is 1.25. The number of carbonyl (C=O) groups is 2. The molecule has 51 valence electrons. The van der Waals surface area contributed by atoms with Crippen LogP contribution in [0.1, 0.15) is 13.8 Å². The molecule has 1 radical (unpaired) electrons. The van der Waals surface area contributed by atoms with Gasteiger partial charge in [-0.25, -0.2) is 0 Å². The zero-order valence-corrected chi connectivity index (χ0v) is 6.48. The quantitative estimate of drug-likeness (QED) is 0.401. The van der Waals surface area contributed by atoms with E-state index in [4.69, 9.17) is 19.8 Å². The third-order valence-electron chi connectivity index (χ3n) is 0. The molecule has 0 fully saturated rings. The maximum Gasteiger partial charge on any atom is 2.00 e. The molecule has 0 rings (SSSR count). The number of rotatable bonds is 0. The van der Waals surface area contributed by atoms with E-state index >= 15 is 0 Å². The standard InChI is InChI=1S/2C2H4O2.V/c2*1-2(3)4;/h2*1H3,(H,3,4);/q;;+2/p-2. The second-order valence-electron chi connectivity index (χ2n) is 0.983. The topological polar surface area (TPSA) is 80.3 Å². The molecule has 0 aliphatic carbocycles. The Hall–Kier alpha value is -0.476. The molecule has 0 aliphatic rings. The first-order valence-electron chi connectivity index (χ1n) is 1.82. The van der Waals surface area contributed by atoms with Gasteiger partial charge in [0.05, 0.1) is 0 Å². The van der Waals surface area contributed by atoms with Gasteiger partial charge in [0, 0.05) is 11.9 Å². The van der Waals surface area contributed by atoms with Gasteiger partial charge in [0.25, 0.3) is 0 Å². The minimum atomic E-state index is -1.08. The first-order chi connectivity index (χ1) is 3.46. The maximum absolute atomic E-state index is 8.89. The Morgan fingerprint density at radius 1 is 1.00 bits per heavy atom. The van der Waals surface area contributed by atoms with Crippen molar-refractivity contribution in [1.29, 1.82) is 0 Å². The molecule has 4 nitrogen and oxygen atoms in total. The van der Waals surface area contributed by atoms with Gasteiger partial charge in [-0.2, -0.15) is 0 Å². The van der Waals surface area contributed by atoms with Crippen LogP contribution < -0.4 is 10.2 Å². The van der Waals surface area contributed by atoms with E-state index < -0.39 is 11.9 Å². The molecule has 0 aliphatic heterocycles. The van der Waals surface area contributed by atoms with Crippen LogP contribution in [0.4, 0.5) is 0 Å². The summed E-state index contributed by atoms with van der Waals surface area (Å²) in [4.78, 5) is 17.8. The van der Waals surface area contributed by atoms with E-state index in [9.17, 15) is 0 Å². The Labute approximate surface area is 64.8 Å². The molecule has 5 heteroatoms. The summed E-state index contributed by atoms with van der Waals surface area (Å²) in [6, 6.07) is 0. The summed E-state index contributed by atoms with van der Waals surface area (Å²) in [5.74, 6) is -2.17. The second kappa shape index (κ2) is 10.5. The summed E-state index contributed by atoms with van der Waals surface area (Å²) in [5.41, 5.74) is 0. The Balaban J connectivity index is -0.0000000720. The summed E-state index contributed by atoms with van der Waals surface area (Å²) in [5, 5.41) is 17.8. The number of carboxylic acid groups (broad SMARTS) is 2. The van der Waals surface area contributed by atoms with Crippen molar-refractivity contribution in [3.8, 4) is 0 Å². The van der Waals surface area contributed by atoms with Gasteiger partial charge in [-0.3, -0.25) is 0 Å². The fraction of sp³-hybridized carbons (Fsp3) is 0.500. The van der Waals surface area contributed by atoms with Crippen molar-refractivity contribution in [2.75, 3.05) is 0 Å². The van der Waals surface area contributed by atoms with E-state index in [0.717, 1.165) is 13.8 Å². The van der Waals surface area contributed by atoms with Gasteiger partial charge in [-0.1, -0.05) is 0 Å². The monoisotopic (exact) mass is 169 g/mol. The molecule has 0 aromatic rings. The third-order valence-corrected chi connectivity index (χ3v) is 0. The largest absolute Gasteiger partial charge is 2.00 e. The van der Waals surface area contributed by atoms with Gasteiger partial charge in [-0.15, -0.1) is 0 Å². The van der Waals surface area contributed by atoms with E-state index in [2.05, 4.69) is 0 Å². The Morgan fingerprint density at radius 2 is 1.00 bits per heavy atom. The van der Waals surface area contributed by atoms with Crippen molar-refractivity contribution in [2.24, 2.45) is 0 Å². The van der Waals surface area contributed by atoms with E-state index in [0.29, 0.717) is 0 Å². The molecule has 0 atom stereocenters. The minimum absolute atomic E-state index is 0. The molecule has 0 N–H and O–H groups in total. The van der Waals surface area contributed by atoms with Crippen molar-refractivity contribution in [3.05, 3.63) is 0 Å². The first kappa shape index (κ1) is 15.8. The smallest absolute Gasteiger partial charge is 0.550 e. The van der Waals surface area contributed by atoms with E-state index in [1.807, 2.05) is 0 Å². The average molecular weight is 169 g/mol. The van der Waals surface area contributed by atoms with Crippen LogP contribution in [-0.4, -0.2) is 11.9 Å². The van der Waals surface area contributed by atoms with Crippen LogP contribution >= 0.6 is 0 Å². The van der Waals surface area contributed by atoms with Gasteiger partial charge in [0.1, 0.15) is 0 Å². The summed E-state index contributed by atoms with van der Waals surface area (Å²) in [7, 11) is 0. The predicted octanol–water partition coefficient (Wildman–Crippen LogP) is -2.49. The molecule has 0 amide bonds. The Morgan fingerprint density at radius 3 is 1.00 bits per heavy atom. The van der Waals surface area contributed by atoms with Crippen LogP contribution in [-0.2, 0) is 28.1 Å². The van der Waals surface area contributed by atoms with Crippen LogP contribution in [0.25, 0.3) is 0 Å². The number of aliphatic carboxylic acids is 2. The van der Waals surface area contributed by atoms with Crippen LogP contribution in [0, 0.1) is 0 Å². The summed E-state index contributed by atoms with van der Waals surface area (Å²) in [6.07, 6.45) is 0. The Kier molecular flexibility index (Phi) is 18.4. The van der Waals surface area contributed by atoms with Crippen LogP contribution in [0.5, 0.6) is 0 Å². The molecule has 0 aromatic heterocycles. The van der Waals surface area contributed by atoms with Crippen molar-refractivity contribution in [3.63, 3.8) is 0 Å². The van der Waals surface area contributed by atoms with Crippen LogP contribution in [0.15, 0.2) is 0 Å². The van der Waals surface area contributed by atoms with Crippen molar-refractivity contribution >= 4 is 11.9 Å². The molecular weight excluding hydrogens is 163 g/mol. The Bertz CT molecular complexity index is 70.6. The van der Waals surface area contributed by atoms with Crippen molar-refractivity contribution < 1.29 is 38.4 Å². The molecule has 0 bridgehead atoms. The maximum atomic E-state index is 8.89. The van der Waals surface area contributed by atoms with Gasteiger partial charge in [-0.05, 0) is 13.8 Å². The number of carboxylic acids is 2. The first-order valence-corrected chi connectivity index (χ1v) is 1.82.